The van der Waals surface area contributed by atoms with E-state index in [0.717, 1.165) is 0 Å². The molecule has 4 amide bonds. The van der Waals surface area contributed by atoms with Gasteiger partial charge in [-0.25, -0.2) is 4.79 Å². The summed E-state index contributed by atoms with van der Waals surface area (Å²) in [6, 6.07) is -4.37. The van der Waals surface area contributed by atoms with Gasteiger partial charge in [0.2, 0.25) is 23.6 Å². The van der Waals surface area contributed by atoms with Crippen molar-refractivity contribution in [2.24, 2.45) is 33.8 Å². The van der Waals surface area contributed by atoms with E-state index in [1.165, 1.54) is 11.8 Å². The smallest absolute Gasteiger partial charge is 0.326 e. The van der Waals surface area contributed by atoms with Crippen LogP contribution in [0.4, 0.5) is 0 Å². The molecule has 5 unspecified atom stereocenters. The van der Waals surface area contributed by atoms with Crippen molar-refractivity contribution in [3.05, 3.63) is 0 Å². The van der Waals surface area contributed by atoms with Crippen molar-refractivity contribution >= 4 is 47.3 Å². The molecule has 0 aromatic heterocycles. The maximum atomic E-state index is 13.1. The van der Waals surface area contributed by atoms with Crippen molar-refractivity contribution in [3.8, 4) is 0 Å². The number of carboxylic acid groups (broad SMARTS) is 1. The lowest BCUT2D eigenvalue weighted by Gasteiger charge is -2.28. The number of carbonyl (C=O) groups is 5. The van der Waals surface area contributed by atoms with Gasteiger partial charge in [-0.2, -0.15) is 11.8 Å². The first-order valence-corrected chi connectivity index (χ1v) is 13.4. The van der Waals surface area contributed by atoms with Gasteiger partial charge in [-0.05, 0) is 43.6 Å². The van der Waals surface area contributed by atoms with Crippen molar-refractivity contribution < 1.29 is 29.1 Å². The van der Waals surface area contributed by atoms with Crippen LogP contribution in [0.3, 0.4) is 0 Å². The zero-order chi connectivity index (χ0) is 28.5. The molecule has 0 aromatic carbocycles. The number of hydrogen-bond acceptors (Lipinski definition) is 8. The second-order valence-corrected chi connectivity index (χ2v) is 9.66. The lowest BCUT2D eigenvalue weighted by molar-refractivity contribution is -0.142. The zero-order valence-electron chi connectivity index (χ0n) is 21.7. The average molecular weight is 547 g/mol. The van der Waals surface area contributed by atoms with E-state index < -0.39 is 53.8 Å². The van der Waals surface area contributed by atoms with Crippen LogP contribution in [0.15, 0.2) is 4.99 Å². The number of hydrogen-bond donors (Lipinski definition) is 8. The minimum Gasteiger partial charge on any atom is -0.480 e. The number of amides is 4. The Hall–Kier alpha value is -3.07. The summed E-state index contributed by atoms with van der Waals surface area (Å²) in [4.78, 5) is 65.4. The molecule has 0 heterocycles. The van der Waals surface area contributed by atoms with Crippen molar-refractivity contribution in [3.63, 3.8) is 0 Å². The minimum absolute atomic E-state index is 0.0833. The number of primary amides is 1. The normalized spacial score (nSPS) is 14.8. The fraction of sp³-hybridized carbons (Fsp3) is 0.727. The van der Waals surface area contributed by atoms with Gasteiger partial charge in [0, 0.05) is 13.0 Å². The fourth-order valence-electron chi connectivity index (χ4n) is 3.19. The summed E-state index contributed by atoms with van der Waals surface area (Å²) in [5.74, 6) is -3.80. The molecule has 0 fully saturated rings. The third kappa shape index (κ3) is 14.3. The molecule has 0 aliphatic carbocycles. The van der Waals surface area contributed by atoms with Crippen LogP contribution >= 0.6 is 11.8 Å². The molecule has 212 valence electrons. The third-order valence-corrected chi connectivity index (χ3v) is 6.28. The minimum atomic E-state index is -1.20. The number of rotatable bonds is 19. The van der Waals surface area contributed by atoms with Crippen molar-refractivity contribution in [2.45, 2.75) is 76.5 Å². The molecule has 0 saturated carbocycles. The summed E-state index contributed by atoms with van der Waals surface area (Å²) >= 11 is 1.44. The molecular weight excluding hydrogens is 504 g/mol. The Kier molecular flexibility index (Phi) is 16.7. The Morgan fingerprint density at radius 2 is 1.54 bits per heavy atom. The lowest BCUT2D eigenvalue weighted by Crippen LogP contribution is -2.58. The first-order chi connectivity index (χ1) is 17.3. The number of guanidine groups is 1. The molecule has 15 heteroatoms. The highest BCUT2D eigenvalue weighted by Crippen LogP contribution is 2.11. The van der Waals surface area contributed by atoms with Crippen molar-refractivity contribution in [1.82, 2.24) is 16.0 Å². The van der Waals surface area contributed by atoms with Crippen LogP contribution in [0.25, 0.3) is 0 Å². The number of nitrogens with two attached hydrogens (primary N) is 4. The molecule has 0 aromatic rings. The molecule has 0 rings (SSSR count). The van der Waals surface area contributed by atoms with Crippen LogP contribution in [-0.4, -0.2) is 83.4 Å². The summed E-state index contributed by atoms with van der Waals surface area (Å²) in [5, 5.41) is 17.0. The summed E-state index contributed by atoms with van der Waals surface area (Å²) < 4.78 is 0. The monoisotopic (exact) mass is 546 g/mol. The molecule has 0 bridgehead atoms. The number of aliphatic imine (C=N–C) groups is 1. The second kappa shape index (κ2) is 18.2. The van der Waals surface area contributed by atoms with Gasteiger partial charge in [0.05, 0.1) is 6.04 Å². The van der Waals surface area contributed by atoms with E-state index in [4.69, 9.17) is 22.9 Å². The number of aliphatic carboxylic acids is 1. The van der Waals surface area contributed by atoms with Crippen LogP contribution in [0.5, 0.6) is 0 Å². The molecule has 12 N–H and O–H groups in total. The summed E-state index contributed by atoms with van der Waals surface area (Å²) in [6.45, 7) is 3.81. The van der Waals surface area contributed by atoms with E-state index in [1.807, 2.05) is 13.2 Å². The Morgan fingerprint density at radius 1 is 0.919 bits per heavy atom. The Morgan fingerprint density at radius 3 is 2.05 bits per heavy atom. The van der Waals surface area contributed by atoms with Gasteiger partial charge in [-0.3, -0.25) is 24.2 Å². The molecule has 0 aliphatic heterocycles. The first-order valence-electron chi connectivity index (χ1n) is 12.1. The van der Waals surface area contributed by atoms with Gasteiger partial charge in [0.15, 0.2) is 5.96 Å². The van der Waals surface area contributed by atoms with Gasteiger partial charge >= 0.3 is 5.97 Å². The van der Waals surface area contributed by atoms with Gasteiger partial charge < -0.3 is 44.0 Å². The average Bonchev–Trinajstić information content (AvgIpc) is 2.83. The number of carbonyl (C=O) groups excluding carboxylic acids is 4. The van der Waals surface area contributed by atoms with Crippen molar-refractivity contribution in [2.75, 3.05) is 18.6 Å². The van der Waals surface area contributed by atoms with Gasteiger partial charge in [0.1, 0.15) is 18.1 Å². The molecule has 0 radical (unpaired) electrons. The fourth-order valence-corrected chi connectivity index (χ4v) is 3.67. The summed E-state index contributed by atoms with van der Waals surface area (Å²) in [6.07, 6.45) is 2.86. The highest BCUT2D eigenvalue weighted by molar-refractivity contribution is 7.98. The Balaban J connectivity index is 5.50. The molecule has 14 nitrogen and oxygen atoms in total. The van der Waals surface area contributed by atoms with E-state index >= 15 is 0 Å². The predicted molar refractivity (Wildman–Crippen MR) is 142 cm³/mol. The molecule has 37 heavy (non-hydrogen) atoms. The molecule has 0 aliphatic rings. The molecule has 0 saturated heterocycles. The number of nitrogens with zero attached hydrogens (tertiary/aromatic N) is 1. The summed E-state index contributed by atoms with van der Waals surface area (Å²) in [7, 11) is 0. The number of thioether (sulfide) groups is 1. The Bertz CT molecular complexity index is 808. The van der Waals surface area contributed by atoms with E-state index in [0.29, 0.717) is 18.6 Å². The third-order valence-electron chi connectivity index (χ3n) is 5.64. The zero-order valence-corrected chi connectivity index (χ0v) is 22.5. The first kappa shape index (κ1) is 33.9. The van der Waals surface area contributed by atoms with Crippen LogP contribution < -0.4 is 38.9 Å². The largest absolute Gasteiger partial charge is 0.480 e. The standard InChI is InChI=1S/C22H42N8O6S/c1-4-12(2)17(20(34)29-15(21(35)36)9-11-37-3)30-19(33)14(7-8-16(24)31)28-18(32)13(23)6-5-10-27-22(25)26/h12-15,17H,4-11,23H2,1-3H3,(H2,24,31)(H,28,32)(H,29,34)(H,30,33)(H,35,36)(H4,25,26,27). The lowest BCUT2D eigenvalue weighted by atomic mass is 9.97. The maximum absolute atomic E-state index is 13.1. The van der Waals surface area contributed by atoms with Crippen LogP contribution in [0.2, 0.25) is 0 Å². The number of carboxylic acids is 1. The van der Waals surface area contributed by atoms with E-state index in [9.17, 15) is 29.1 Å². The van der Waals surface area contributed by atoms with Crippen LogP contribution in [0.1, 0.15) is 52.4 Å². The predicted octanol–water partition coefficient (Wildman–Crippen LogP) is -2.03. The highest BCUT2D eigenvalue weighted by atomic mass is 32.2. The van der Waals surface area contributed by atoms with Crippen LogP contribution in [-0.2, 0) is 24.0 Å². The summed E-state index contributed by atoms with van der Waals surface area (Å²) in [5.41, 5.74) is 21.6. The maximum Gasteiger partial charge on any atom is 0.326 e. The topological polar surface area (TPSA) is 258 Å². The number of nitrogens with one attached hydrogen (secondary N) is 3. The second-order valence-electron chi connectivity index (χ2n) is 8.67. The SMILES string of the molecule is CCC(C)C(NC(=O)C(CCC(N)=O)NC(=O)C(N)CCCN=C(N)N)C(=O)NC(CCSC)C(=O)O. The van der Waals surface area contributed by atoms with Crippen LogP contribution in [0, 0.1) is 5.92 Å². The van der Waals surface area contributed by atoms with E-state index in [-0.39, 0.29) is 44.1 Å². The molecule has 5 atom stereocenters. The molecule has 0 spiro atoms. The Labute approximate surface area is 221 Å². The van der Waals surface area contributed by atoms with Gasteiger partial charge in [-0.15, -0.1) is 0 Å². The van der Waals surface area contributed by atoms with E-state index in [1.54, 1.807) is 6.92 Å². The highest BCUT2D eigenvalue weighted by Gasteiger charge is 2.32. The van der Waals surface area contributed by atoms with Crippen molar-refractivity contribution in [1.29, 1.82) is 0 Å². The van der Waals surface area contributed by atoms with Gasteiger partial charge in [0.25, 0.3) is 0 Å². The quantitative estimate of drug-likeness (QED) is 0.0500. The molecular formula is C22H42N8O6S. The van der Waals surface area contributed by atoms with E-state index in [2.05, 4.69) is 20.9 Å². The van der Waals surface area contributed by atoms with Gasteiger partial charge in [-0.1, -0.05) is 20.3 Å².